The van der Waals surface area contributed by atoms with E-state index in [1.54, 1.807) is 0 Å². The molecule has 3 rings (SSSR count). The molecule has 1 aromatic carbocycles. The first-order valence-corrected chi connectivity index (χ1v) is 7.68. The van der Waals surface area contributed by atoms with Gasteiger partial charge in [0.25, 0.3) is 0 Å². The van der Waals surface area contributed by atoms with Gasteiger partial charge in [0.1, 0.15) is 6.04 Å². The molecule has 0 radical (unpaired) electrons. The fourth-order valence-electron chi connectivity index (χ4n) is 3.31. The van der Waals surface area contributed by atoms with Crippen molar-refractivity contribution in [2.45, 2.75) is 45.6 Å². The molecule has 3 heteroatoms. The van der Waals surface area contributed by atoms with Gasteiger partial charge in [0.15, 0.2) is 0 Å². The van der Waals surface area contributed by atoms with E-state index in [1.165, 1.54) is 12.0 Å². The van der Waals surface area contributed by atoms with Crippen molar-refractivity contribution in [3.63, 3.8) is 0 Å². The van der Waals surface area contributed by atoms with Crippen molar-refractivity contribution in [2.24, 2.45) is 5.41 Å². The van der Waals surface area contributed by atoms with E-state index in [4.69, 9.17) is 0 Å². The number of anilines is 1. The Morgan fingerprint density at radius 3 is 2.85 bits per heavy atom. The van der Waals surface area contributed by atoms with Crippen LogP contribution in [0, 0.1) is 5.41 Å². The summed E-state index contributed by atoms with van der Waals surface area (Å²) in [6.45, 7) is 6.44. The second kappa shape index (κ2) is 5.12. The Morgan fingerprint density at radius 2 is 2.05 bits per heavy atom. The molecule has 0 aliphatic carbocycles. The predicted octanol–water partition coefficient (Wildman–Crippen LogP) is 3.06. The maximum atomic E-state index is 12.7. The first kappa shape index (κ1) is 13.5. The van der Waals surface area contributed by atoms with Gasteiger partial charge >= 0.3 is 0 Å². The fraction of sp³-hybridized carbons (Fsp3) is 0.588. The second-order valence-electron chi connectivity index (χ2n) is 6.90. The van der Waals surface area contributed by atoms with Gasteiger partial charge in [-0.05, 0) is 36.3 Å². The number of carbonyl (C=O) groups excluding carboxylic acids is 1. The van der Waals surface area contributed by atoms with Gasteiger partial charge in [-0.2, -0.15) is 0 Å². The van der Waals surface area contributed by atoms with E-state index in [9.17, 15) is 4.79 Å². The Kier molecular flexibility index (Phi) is 3.45. The first-order valence-electron chi connectivity index (χ1n) is 7.68. The Morgan fingerprint density at radius 1 is 1.25 bits per heavy atom. The molecule has 1 fully saturated rings. The Balaban J connectivity index is 1.66. The molecule has 0 unspecified atom stereocenters. The number of likely N-dealkylation sites (tertiary alicyclic amines) is 1. The van der Waals surface area contributed by atoms with E-state index in [0.717, 1.165) is 38.0 Å². The van der Waals surface area contributed by atoms with Crippen molar-refractivity contribution in [1.82, 2.24) is 4.90 Å². The number of nitrogens with one attached hydrogen (secondary N) is 1. The number of hydrogen-bond donors (Lipinski definition) is 1. The van der Waals surface area contributed by atoms with Crippen molar-refractivity contribution >= 4 is 11.6 Å². The zero-order chi connectivity index (χ0) is 14.2. The van der Waals surface area contributed by atoms with Gasteiger partial charge in [0.05, 0.1) is 0 Å². The molecule has 2 aliphatic heterocycles. The molecule has 20 heavy (non-hydrogen) atoms. The number of amides is 1. The summed E-state index contributed by atoms with van der Waals surface area (Å²) in [7, 11) is 0. The number of hydrogen-bond acceptors (Lipinski definition) is 2. The molecule has 0 bridgehead atoms. The van der Waals surface area contributed by atoms with Crippen LogP contribution >= 0.6 is 0 Å². The number of para-hydroxylation sites is 1. The third kappa shape index (κ3) is 2.67. The summed E-state index contributed by atoms with van der Waals surface area (Å²) in [5, 5.41) is 3.38. The molecule has 1 atom stereocenters. The molecule has 0 aromatic heterocycles. The SMILES string of the molecule is CC1(C)CCCN(C(=O)[C@@H]2Cc3ccccc3N2)CC1. The average Bonchev–Trinajstić information content (AvgIpc) is 2.77. The summed E-state index contributed by atoms with van der Waals surface area (Å²) in [5.74, 6) is 0.277. The van der Waals surface area contributed by atoms with Crippen molar-refractivity contribution in [1.29, 1.82) is 0 Å². The van der Waals surface area contributed by atoms with Crippen LogP contribution in [0.3, 0.4) is 0 Å². The zero-order valence-corrected chi connectivity index (χ0v) is 12.5. The summed E-state index contributed by atoms with van der Waals surface area (Å²) in [6, 6.07) is 8.18. The molecule has 1 amide bonds. The topological polar surface area (TPSA) is 32.3 Å². The lowest BCUT2D eigenvalue weighted by molar-refractivity contribution is -0.131. The number of benzene rings is 1. The third-order valence-electron chi connectivity index (χ3n) is 4.72. The Labute approximate surface area is 121 Å². The number of nitrogens with zero attached hydrogens (tertiary/aromatic N) is 1. The van der Waals surface area contributed by atoms with Crippen LogP contribution < -0.4 is 5.32 Å². The Bertz CT molecular complexity index is 484. The van der Waals surface area contributed by atoms with Gasteiger partial charge in [0.2, 0.25) is 5.91 Å². The number of fused-ring (bicyclic) bond motifs is 1. The van der Waals surface area contributed by atoms with Gasteiger partial charge in [-0.15, -0.1) is 0 Å². The summed E-state index contributed by atoms with van der Waals surface area (Å²) >= 11 is 0. The van der Waals surface area contributed by atoms with Crippen LogP contribution in [0.4, 0.5) is 5.69 Å². The lowest BCUT2D eigenvalue weighted by atomic mass is 9.85. The molecule has 3 nitrogen and oxygen atoms in total. The highest BCUT2D eigenvalue weighted by Crippen LogP contribution is 2.31. The normalized spacial score (nSPS) is 24.7. The quantitative estimate of drug-likeness (QED) is 0.852. The van der Waals surface area contributed by atoms with Crippen molar-refractivity contribution in [3.8, 4) is 0 Å². The van der Waals surface area contributed by atoms with Gasteiger partial charge in [-0.1, -0.05) is 32.0 Å². The Hall–Kier alpha value is -1.51. The lowest BCUT2D eigenvalue weighted by Gasteiger charge is -2.25. The van der Waals surface area contributed by atoms with E-state index < -0.39 is 0 Å². The standard InChI is InChI=1S/C17H24N2O/c1-17(2)8-5-10-19(11-9-17)16(20)15-12-13-6-3-4-7-14(13)18-15/h3-4,6-7,15,18H,5,8-12H2,1-2H3/t15-/m0/s1. The highest BCUT2D eigenvalue weighted by Gasteiger charge is 2.32. The maximum absolute atomic E-state index is 12.7. The van der Waals surface area contributed by atoms with E-state index in [1.807, 2.05) is 12.1 Å². The van der Waals surface area contributed by atoms with Gasteiger partial charge < -0.3 is 10.2 Å². The predicted molar refractivity (Wildman–Crippen MR) is 81.8 cm³/mol. The van der Waals surface area contributed by atoms with Crippen LogP contribution in [0.1, 0.15) is 38.7 Å². The number of rotatable bonds is 1. The van der Waals surface area contributed by atoms with Crippen LogP contribution in [-0.2, 0) is 11.2 Å². The maximum Gasteiger partial charge on any atom is 0.245 e. The largest absolute Gasteiger partial charge is 0.373 e. The molecule has 2 aliphatic rings. The first-order chi connectivity index (χ1) is 9.55. The van der Waals surface area contributed by atoms with E-state index in [2.05, 4.69) is 36.2 Å². The average molecular weight is 272 g/mol. The van der Waals surface area contributed by atoms with Gasteiger partial charge in [-0.3, -0.25) is 4.79 Å². The molecular weight excluding hydrogens is 248 g/mol. The smallest absolute Gasteiger partial charge is 0.245 e. The lowest BCUT2D eigenvalue weighted by Crippen LogP contribution is -2.42. The fourth-order valence-corrected chi connectivity index (χ4v) is 3.31. The zero-order valence-electron chi connectivity index (χ0n) is 12.5. The van der Waals surface area contributed by atoms with Crippen LogP contribution in [0.5, 0.6) is 0 Å². The van der Waals surface area contributed by atoms with Crippen LogP contribution in [0.15, 0.2) is 24.3 Å². The second-order valence-corrected chi connectivity index (χ2v) is 6.90. The van der Waals surface area contributed by atoms with Crippen LogP contribution in [0.2, 0.25) is 0 Å². The summed E-state index contributed by atoms with van der Waals surface area (Å²) in [5.41, 5.74) is 2.77. The van der Waals surface area contributed by atoms with Gasteiger partial charge in [-0.25, -0.2) is 0 Å². The minimum absolute atomic E-state index is 0.0615. The minimum atomic E-state index is -0.0615. The van der Waals surface area contributed by atoms with Crippen molar-refractivity contribution in [3.05, 3.63) is 29.8 Å². The summed E-state index contributed by atoms with van der Waals surface area (Å²) in [4.78, 5) is 14.8. The van der Waals surface area contributed by atoms with E-state index in [-0.39, 0.29) is 11.9 Å². The molecule has 1 N–H and O–H groups in total. The summed E-state index contributed by atoms with van der Waals surface area (Å²) < 4.78 is 0. The molecule has 108 valence electrons. The van der Waals surface area contributed by atoms with E-state index in [0.29, 0.717) is 5.41 Å². The molecular formula is C17H24N2O. The molecule has 0 spiro atoms. The molecule has 1 aromatic rings. The van der Waals surface area contributed by atoms with Gasteiger partial charge in [0, 0.05) is 25.2 Å². The monoisotopic (exact) mass is 272 g/mol. The third-order valence-corrected chi connectivity index (χ3v) is 4.72. The van der Waals surface area contributed by atoms with Crippen LogP contribution in [-0.4, -0.2) is 29.9 Å². The van der Waals surface area contributed by atoms with Crippen molar-refractivity contribution in [2.75, 3.05) is 18.4 Å². The molecule has 0 saturated carbocycles. The van der Waals surface area contributed by atoms with Crippen LogP contribution in [0.25, 0.3) is 0 Å². The number of carbonyl (C=O) groups is 1. The van der Waals surface area contributed by atoms with E-state index >= 15 is 0 Å². The highest BCUT2D eigenvalue weighted by atomic mass is 16.2. The molecule has 2 heterocycles. The van der Waals surface area contributed by atoms with Crippen molar-refractivity contribution < 1.29 is 4.79 Å². The minimum Gasteiger partial charge on any atom is -0.373 e. The molecule has 1 saturated heterocycles. The highest BCUT2D eigenvalue weighted by molar-refractivity contribution is 5.87. The summed E-state index contributed by atoms with van der Waals surface area (Å²) in [6.07, 6.45) is 4.28.